The molecule has 0 saturated carbocycles. The third-order valence-electron chi connectivity index (χ3n) is 2.09. The van der Waals surface area contributed by atoms with Crippen LogP contribution in [0.5, 0.6) is 11.5 Å². The Labute approximate surface area is 109 Å². The summed E-state index contributed by atoms with van der Waals surface area (Å²) in [6.45, 7) is -0.117. The lowest BCUT2D eigenvalue weighted by molar-refractivity contribution is 0.267. The van der Waals surface area contributed by atoms with Crippen molar-refractivity contribution in [1.82, 2.24) is 0 Å². The number of rotatable bonds is 4. The Morgan fingerprint density at radius 2 is 1.75 bits per heavy atom. The van der Waals surface area contributed by atoms with E-state index in [0.29, 0.717) is 11.5 Å². The fraction of sp³-hybridized carbons (Fsp3) is 0.400. The molecule has 0 unspecified atom stereocenters. The van der Waals surface area contributed by atoms with E-state index in [-0.39, 0.29) is 19.0 Å². The van der Waals surface area contributed by atoms with Gasteiger partial charge in [0.25, 0.3) is 0 Å². The van der Waals surface area contributed by atoms with E-state index in [1.54, 1.807) is 26.4 Å². The first-order valence-electron chi connectivity index (χ1n) is 4.41. The van der Waals surface area contributed by atoms with Gasteiger partial charge in [-0.05, 0) is 33.6 Å². The summed E-state index contributed by atoms with van der Waals surface area (Å²) in [7, 11) is 3.13. The van der Waals surface area contributed by atoms with Crippen LogP contribution in [0.1, 0.15) is 11.6 Å². The number of aliphatic hydroxyl groups excluding tert-OH is 1. The van der Waals surface area contributed by atoms with Gasteiger partial charge in [0.15, 0.2) is 0 Å². The molecular formula is C10H15BrClNO3. The minimum atomic E-state index is -0.430. The molecule has 0 amide bonds. The van der Waals surface area contributed by atoms with Gasteiger partial charge in [0.2, 0.25) is 0 Å². The zero-order valence-corrected chi connectivity index (χ0v) is 11.5. The highest BCUT2D eigenvalue weighted by atomic mass is 79.9. The minimum absolute atomic E-state index is 0. The third kappa shape index (κ3) is 3.25. The first-order chi connectivity index (χ1) is 7.13. The highest BCUT2D eigenvalue weighted by molar-refractivity contribution is 9.10. The van der Waals surface area contributed by atoms with Crippen LogP contribution < -0.4 is 15.2 Å². The molecule has 0 saturated heterocycles. The SMILES string of the molecule is COc1cc([C@H](N)CO)cc(OC)c1Br.Cl. The Morgan fingerprint density at radius 1 is 1.31 bits per heavy atom. The maximum atomic E-state index is 8.97. The van der Waals surface area contributed by atoms with Crippen molar-refractivity contribution in [1.29, 1.82) is 0 Å². The van der Waals surface area contributed by atoms with Gasteiger partial charge < -0.3 is 20.3 Å². The van der Waals surface area contributed by atoms with E-state index < -0.39 is 6.04 Å². The fourth-order valence-corrected chi connectivity index (χ4v) is 1.76. The summed E-state index contributed by atoms with van der Waals surface area (Å²) in [4.78, 5) is 0. The van der Waals surface area contributed by atoms with Gasteiger partial charge >= 0.3 is 0 Å². The first kappa shape index (κ1) is 15.5. The van der Waals surface area contributed by atoms with Crippen molar-refractivity contribution in [2.45, 2.75) is 6.04 Å². The van der Waals surface area contributed by atoms with Crippen molar-refractivity contribution in [3.05, 3.63) is 22.2 Å². The molecule has 0 bridgehead atoms. The second-order valence-corrected chi connectivity index (χ2v) is 3.82. The lowest BCUT2D eigenvalue weighted by atomic mass is 10.1. The van der Waals surface area contributed by atoms with Crippen LogP contribution in [0.2, 0.25) is 0 Å². The van der Waals surface area contributed by atoms with Crippen LogP contribution in [0.25, 0.3) is 0 Å². The summed E-state index contributed by atoms with van der Waals surface area (Å²) in [6.07, 6.45) is 0. The molecule has 0 aliphatic rings. The zero-order valence-electron chi connectivity index (χ0n) is 9.07. The third-order valence-corrected chi connectivity index (χ3v) is 2.87. The van der Waals surface area contributed by atoms with E-state index in [0.717, 1.165) is 10.0 Å². The Kier molecular flexibility index (Phi) is 6.74. The summed E-state index contributed by atoms with van der Waals surface area (Å²) in [5.41, 5.74) is 6.49. The summed E-state index contributed by atoms with van der Waals surface area (Å²) in [5.74, 6) is 1.27. The van der Waals surface area contributed by atoms with Crippen molar-refractivity contribution in [2.75, 3.05) is 20.8 Å². The van der Waals surface area contributed by atoms with Gasteiger partial charge in [-0.25, -0.2) is 0 Å². The van der Waals surface area contributed by atoms with Crippen molar-refractivity contribution < 1.29 is 14.6 Å². The van der Waals surface area contributed by atoms with E-state index in [9.17, 15) is 0 Å². The normalized spacial score (nSPS) is 11.6. The van der Waals surface area contributed by atoms with Crippen molar-refractivity contribution in [3.8, 4) is 11.5 Å². The van der Waals surface area contributed by atoms with Gasteiger partial charge in [-0.15, -0.1) is 12.4 Å². The monoisotopic (exact) mass is 311 g/mol. The number of halogens is 2. The molecule has 6 heteroatoms. The number of methoxy groups -OCH3 is 2. The molecule has 3 N–H and O–H groups in total. The highest BCUT2D eigenvalue weighted by Crippen LogP contribution is 2.36. The van der Waals surface area contributed by atoms with Crippen LogP contribution in [-0.2, 0) is 0 Å². The van der Waals surface area contributed by atoms with Crippen LogP contribution in [0.15, 0.2) is 16.6 Å². The van der Waals surface area contributed by atoms with E-state index in [2.05, 4.69) is 15.9 Å². The number of nitrogens with two attached hydrogens (primary N) is 1. The average molecular weight is 313 g/mol. The highest BCUT2D eigenvalue weighted by Gasteiger charge is 2.13. The summed E-state index contributed by atoms with van der Waals surface area (Å²) in [5, 5.41) is 8.97. The molecule has 0 aromatic heterocycles. The second-order valence-electron chi connectivity index (χ2n) is 3.03. The topological polar surface area (TPSA) is 64.7 Å². The van der Waals surface area contributed by atoms with Gasteiger partial charge in [-0.2, -0.15) is 0 Å². The molecule has 0 aliphatic heterocycles. The number of hydrogen-bond acceptors (Lipinski definition) is 4. The molecule has 0 spiro atoms. The van der Waals surface area contributed by atoms with Crippen LogP contribution in [0.3, 0.4) is 0 Å². The molecule has 0 fully saturated rings. The molecule has 4 nitrogen and oxygen atoms in total. The lowest BCUT2D eigenvalue weighted by Crippen LogP contribution is -2.14. The standard InChI is InChI=1S/C10H14BrNO3.ClH/c1-14-8-3-6(7(12)5-13)4-9(15-2)10(8)11;/h3-4,7,13H,5,12H2,1-2H3;1H/t7-;/m1./s1. The molecule has 0 aliphatic carbocycles. The summed E-state index contributed by atoms with van der Waals surface area (Å²) >= 11 is 3.35. The summed E-state index contributed by atoms with van der Waals surface area (Å²) in [6, 6.07) is 3.11. The Morgan fingerprint density at radius 3 is 2.06 bits per heavy atom. The molecule has 0 radical (unpaired) electrons. The maximum absolute atomic E-state index is 8.97. The first-order valence-corrected chi connectivity index (χ1v) is 5.21. The second kappa shape index (κ2) is 6.96. The smallest absolute Gasteiger partial charge is 0.137 e. The molecule has 92 valence electrons. The van der Waals surface area contributed by atoms with Gasteiger partial charge in [0.1, 0.15) is 16.0 Å². The number of aliphatic hydroxyl groups is 1. The van der Waals surface area contributed by atoms with Gasteiger partial charge in [-0.1, -0.05) is 0 Å². The summed E-state index contributed by atoms with van der Waals surface area (Å²) < 4.78 is 11.1. The van der Waals surface area contributed by atoms with Crippen molar-refractivity contribution in [3.63, 3.8) is 0 Å². The minimum Gasteiger partial charge on any atom is -0.495 e. The number of ether oxygens (including phenoxy) is 2. The largest absolute Gasteiger partial charge is 0.495 e. The van der Waals surface area contributed by atoms with Crippen LogP contribution >= 0.6 is 28.3 Å². The molecule has 0 heterocycles. The lowest BCUT2D eigenvalue weighted by Gasteiger charge is -2.14. The molecular weight excluding hydrogens is 297 g/mol. The predicted octanol–water partition coefficient (Wildman–Crippen LogP) is 1.88. The molecule has 1 aromatic rings. The number of benzene rings is 1. The molecule has 16 heavy (non-hydrogen) atoms. The Bertz CT molecular complexity index is 324. The van der Waals surface area contributed by atoms with Crippen LogP contribution in [0.4, 0.5) is 0 Å². The van der Waals surface area contributed by atoms with E-state index in [1.165, 1.54) is 0 Å². The molecule has 1 aromatic carbocycles. The van der Waals surface area contributed by atoms with E-state index in [1.807, 2.05) is 0 Å². The van der Waals surface area contributed by atoms with Crippen molar-refractivity contribution >= 4 is 28.3 Å². The zero-order chi connectivity index (χ0) is 11.4. The van der Waals surface area contributed by atoms with Crippen LogP contribution in [-0.4, -0.2) is 25.9 Å². The van der Waals surface area contributed by atoms with Gasteiger partial charge in [0, 0.05) is 0 Å². The van der Waals surface area contributed by atoms with Gasteiger partial charge in [0.05, 0.1) is 26.9 Å². The average Bonchev–Trinajstić information content (AvgIpc) is 2.28. The van der Waals surface area contributed by atoms with E-state index >= 15 is 0 Å². The molecule has 1 rings (SSSR count). The quantitative estimate of drug-likeness (QED) is 0.891. The van der Waals surface area contributed by atoms with Gasteiger partial charge in [-0.3, -0.25) is 0 Å². The molecule has 1 atom stereocenters. The maximum Gasteiger partial charge on any atom is 0.137 e. The Hall–Kier alpha value is -0.490. The fourth-order valence-electron chi connectivity index (χ4n) is 1.21. The van der Waals surface area contributed by atoms with Crippen LogP contribution in [0, 0.1) is 0 Å². The number of hydrogen-bond donors (Lipinski definition) is 2. The van der Waals surface area contributed by atoms with E-state index in [4.69, 9.17) is 20.3 Å². The predicted molar refractivity (Wildman–Crippen MR) is 68.5 cm³/mol. The van der Waals surface area contributed by atoms with Crippen molar-refractivity contribution in [2.24, 2.45) is 5.73 Å². The Balaban J connectivity index is 0.00000225.